The van der Waals surface area contributed by atoms with Crippen LogP contribution < -0.4 is 10.6 Å². The number of thiophene rings is 1. The third-order valence-electron chi connectivity index (χ3n) is 4.51. The number of aryl methyl sites for hydroxylation is 1. The van der Waals surface area contributed by atoms with E-state index < -0.39 is 35.2 Å². The number of carbonyl (C=O) groups is 2. The van der Waals surface area contributed by atoms with E-state index in [1.807, 2.05) is 5.32 Å². The lowest BCUT2D eigenvalue weighted by Crippen LogP contribution is -2.30. The highest BCUT2D eigenvalue weighted by Gasteiger charge is 2.39. The van der Waals surface area contributed by atoms with Crippen molar-refractivity contribution < 1.29 is 27.2 Å². The highest BCUT2D eigenvalue weighted by atomic mass is 35.5. The molecule has 0 radical (unpaired) electrons. The minimum atomic E-state index is -4.94. The van der Waals surface area contributed by atoms with Crippen molar-refractivity contribution in [3.8, 4) is 16.3 Å². The maximum Gasteiger partial charge on any atom is 0.435 e. The van der Waals surface area contributed by atoms with Gasteiger partial charge in [0, 0.05) is 13.1 Å². The van der Waals surface area contributed by atoms with E-state index in [1.165, 1.54) is 29.1 Å². The van der Waals surface area contributed by atoms with Crippen LogP contribution in [-0.2, 0) is 22.8 Å². The quantitative estimate of drug-likeness (QED) is 0.305. The van der Waals surface area contributed by atoms with Crippen LogP contribution in [0.5, 0.6) is 0 Å². The first-order valence-electron chi connectivity index (χ1n) is 9.36. The van der Waals surface area contributed by atoms with Crippen LogP contribution in [-0.4, -0.2) is 31.4 Å². The lowest BCUT2D eigenvalue weighted by atomic mass is 10.3. The molecule has 0 bridgehead atoms. The number of amides is 2. The molecule has 0 saturated carbocycles. The van der Waals surface area contributed by atoms with Crippen molar-refractivity contribution in [1.82, 2.24) is 19.6 Å². The minimum absolute atomic E-state index is 0.0882. The maximum atomic E-state index is 13.7. The third kappa shape index (κ3) is 4.79. The van der Waals surface area contributed by atoms with Crippen LogP contribution in [0, 0.1) is 5.82 Å². The average molecular weight is 513 g/mol. The maximum absolute atomic E-state index is 13.7. The van der Waals surface area contributed by atoms with Gasteiger partial charge >= 0.3 is 18.0 Å². The molecule has 34 heavy (non-hydrogen) atoms. The predicted octanol–water partition coefficient (Wildman–Crippen LogP) is 4.72. The summed E-state index contributed by atoms with van der Waals surface area (Å²) in [6.07, 6.45) is -4.19. The fourth-order valence-electron chi connectivity index (χ4n) is 3.00. The van der Waals surface area contributed by atoms with Crippen LogP contribution in [0.25, 0.3) is 16.3 Å². The number of nitrogens with zero attached hydrogens (tertiary/aromatic N) is 4. The number of alkyl halides is 3. The number of hydrogen-bond donors (Lipinski definition) is 2. The van der Waals surface area contributed by atoms with Crippen molar-refractivity contribution in [2.75, 3.05) is 10.6 Å². The summed E-state index contributed by atoms with van der Waals surface area (Å²) in [7, 11) is 1.51. The molecule has 8 nitrogen and oxygen atoms in total. The average Bonchev–Trinajstić information content (AvgIpc) is 3.47. The lowest BCUT2D eigenvalue weighted by molar-refractivity contribution is -0.142. The number of anilines is 2. The second kappa shape index (κ2) is 8.91. The van der Waals surface area contributed by atoms with Gasteiger partial charge < -0.3 is 10.6 Å². The first-order valence-corrected chi connectivity index (χ1v) is 10.6. The molecule has 3 aromatic heterocycles. The van der Waals surface area contributed by atoms with Crippen molar-refractivity contribution in [3.05, 3.63) is 64.5 Å². The molecule has 176 valence electrons. The number of nitrogens with one attached hydrogen (secondary N) is 2. The Balaban J connectivity index is 1.54. The molecule has 4 rings (SSSR count). The van der Waals surface area contributed by atoms with Crippen molar-refractivity contribution in [1.29, 1.82) is 0 Å². The number of rotatable bonds is 4. The number of carbonyl (C=O) groups excluding carboxylic acids is 2. The van der Waals surface area contributed by atoms with Crippen LogP contribution in [0.15, 0.2) is 48.7 Å². The molecule has 0 aliphatic heterocycles. The predicted molar refractivity (Wildman–Crippen MR) is 117 cm³/mol. The highest BCUT2D eigenvalue weighted by molar-refractivity contribution is 7.19. The van der Waals surface area contributed by atoms with Crippen molar-refractivity contribution in [3.63, 3.8) is 0 Å². The smallest absolute Gasteiger partial charge is 0.314 e. The fraction of sp³-hybridized carbons (Fsp3) is 0.100. The second-order valence-corrected chi connectivity index (χ2v) is 8.56. The summed E-state index contributed by atoms with van der Waals surface area (Å²) in [6.45, 7) is 0. The van der Waals surface area contributed by atoms with E-state index in [2.05, 4.69) is 15.5 Å². The number of hydrogen-bond acceptors (Lipinski definition) is 5. The summed E-state index contributed by atoms with van der Waals surface area (Å²) in [5, 5.41) is 12.1. The first-order chi connectivity index (χ1) is 16.0. The molecular formula is C20H13ClF4N6O2S. The summed E-state index contributed by atoms with van der Waals surface area (Å²) in [6, 6.07) is 9.01. The Bertz CT molecular complexity index is 1380. The van der Waals surface area contributed by atoms with Gasteiger partial charge in [-0.15, -0.1) is 11.3 Å². The molecule has 0 saturated heterocycles. The normalized spacial score (nSPS) is 11.5. The van der Waals surface area contributed by atoms with Gasteiger partial charge in [-0.05, 0) is 36.4 Å². The molecule has 0 unspecified atom stereocenters. The molecule has 0 spiro atoms. The number of benzene rings is 1. The Hall–Kier alpha value is -3.71. The zero-order chi connectivity index (χ0) is 24.6. The Morgan fingerprint density at radius 1 is 1.06 bits per heavy atom. The van der Waals surface area contributed by atoms with Gasteiger partial charge in [0.05, 0.1) is 26.8 Å². The van der Waals surface area contributed by atoms with E-state index in [0.717, 1.165) is 30.5 Å². The lowest BCUT2D eigenvalue weighted by Gasteiger charge is -2.13. The van der Waals surface area contributed by atoms with Gasteiger partial charge in [0.15, 0.2) is 5.69 Å². The highest BCUT2D eigenvalue weighted by Crippen LogP contribution is 2.36. The van der Waals surface area contributed by atoms with E-state index in [-0.39, 0.29) is 11.5 Å². The molecule has 0 aliphatic rings. The molecule has 0 fully saturated rings. The molecule has 3 heterocycles. The number of aromatic nitrogens is 4. The molecule has 0 atom stereocenters. The number of halogens is 5. The SMILES string of the molecule is Cn1nc(-c2ccc(Cl)s2)cc1NC(=O)C(=O)Nc1cnn(-c2ccc(F)cc2)c1C(F)(F)F. The molecular weight excluding hydrogens is 500 g/mol. The van der Waals surface area contributed by atoms with E-state index in [1.54, 1.807) is 12.1 Å². The van der Waals surface area contributed by atoms with Crippen molar-refractivity contribution >= 4 is 46.3 Å². The summed E-state index contributed by atoms with van der Waals surface area (Å²) in [5.41, 5.74) is -1.68. The molecule has 0 aliphatic carbocycles. The van der Waals surface area contributed by atoms with E-state index >= 15 is 0 Å². The molecule has 4 aromatic rings. The Labute approximate surface area is 197 Å². The van der Waals surface area contributed by atoms with Gasteiger partial charge in [0.2, 0.25) is 0 Å². The summed E-state index contributed by atoms with van der Waals surface area (Å²) in [4.78, 5) is 25.4. The van der Waals surface area contributed by atoms with Gasteiger partial charge in [-0.25, -0.2) is 9.07 Å². The van der Waals surface area contributed by atoms with Crippen LogP contribution in [0.3, 0.4) is 0 Å². The van der Waals surface area contributed by atoms with E-state index in [0.29, 0.717) is 19.6 Å². The minimum Gasteiger partial charge on any atom is -0.314 e. The largest absolute Gasteiger partial charge is 0.435 e. The summed E-state index contributed by atoms with van der Waals surface area (Å²) < 4.78 is 56.6. The topological polar surface area (TPSA) is 93.8 Å². The Morgan fingerprint density at radius 2 is 1.74 bits per heavy atom. The molecule has 2 amide bonds. The molecule has 1 aromatic carbocycles. The second-order valence-electron chi connectivity index (χ2n) is 6.84. The van der Waals surface area contributed by atoms with Gasteiger partial charge in [-0.2, -0.15) is 23.4 Å². The van der Waals surface area contributed by atoms with Gasteiger partial charge in [0.25, 0.3) is 0 Å². The van der Waals surface area contributed by atoms with Crippen molar-refractivity contribution in [2.24, 2.45) is 7.05 Å². The van der Waals surface area contributed by atoms with Crippen molar-refractivity contribution in [2.45, 2.75) is 6.18 Å². The molecule has 2 N–H and O–H groups in total. The van der Waals surface area contributed by atoms with Crippen LogP contribution in [0.1, 0.15) is 5.69 Å². The zero-order valence-electron chi connectivity index (χ0n) is 17.0. The van der Waals surface area contributed by atoms with E-state index in [4.69, 9.17) is 11.6 Å². The van der Waals surface area contributed by atoms with Crippen LogP contribution >= 0.6 is 22.9 Å². The van der Waals surface area contributed by atoms with Gasteiger partial charge in [0.1, 0.15) is 17.3 Å². The Morgan fingerprint density at radius 3 is 2.35 bits per heavy atom. The standard InChI is InChI=1S/C20H13ClF4N6O2S/c1-30-16(8-12(29-30)14-6-7-15(21)34-14)28-19(33)18(32)27-13-9-26-31(17(13)20(23,24)25)11-4-2-10(22)3-5-11/h2-9H,1H3,(H,27,32)(H,28,33). The zero-order valence-corrected chi connectivity index (χ0v) is 18.6. The van der Waals surface area contributed by atoms with Crippen LogP contribution in [0.2, 0.25) is 4.34 Å². The summed E-state index contributed by atoms with van der Waals surface area (Å²) >= 11 is 7.17. The first kappa shape index (κ1) is 23.4. The van der Waals surface area contributed by atoms with E-state index in [9.17, 15) is 27.2 Å². The third-order valence-corrected chi connectivity index (χ3v) is 5.76. The molecule has 14 heteroatoms. The fourth-order valence-corrected chi connectivity index (χ4v) is 4.00. The van der Waals surface area contributed by atoms with Gasteiger partial charge in [-0.3, -0.25) is 14.3 Å². The summed E-state index contributed by atoms with van der Waals surface area (Å²) in [5.74, 6) is -3.08. The van der Waals surface area contributed by atoms with Gasteiger partial charge in [-0.1, -0.05) is 11.6 Å². The van der Waals surface area contributed by atoms with Crippen LogP contribution in [0.4, 0.5) is 29.1 Å². The Kier molecular flexibility index (Phi) is 6.15. The monoisotopic (exact) mass is 512 g/mol.